The molecule has 1 saturated heterocycles. The number of aromatic nitrogens is 1. The summed E-state index contributed by atoms with van der Waals surface area (Å²) in [6.07, 6.45) is -0.427. The largest absolute Gasteiger partial charge is 0.463 e. The number of methoxy groups -OCH3 is 1. The van der Waals surface area contributed by atoms with E-state index in [1.165, 1.54) is 4.90 Å². The Hall–Kier alpha value is -2.49. The fourth-order valence-electron chi connectivity index (χ4n) is 3.02. The third kappa shape index (κ3) is 3.41. The van der Waals surface area contributed by atoms with Crippen molar-refractivity contribution in [2.75, 3.05) is 14.2 Å². The van der Waals surface area contributed by atoms with Crippen molar-refractivity contribution in [2.24, 2.45) is 0 Å². The Bertz CT molecular complexity index is 708. The highest BCUT2D eigenvalue weighted by molar-refractivity contribution is 5.86. The monoisotopic (exact) mass is 364 g/mol. The maximum absolute atomic E-state index is 12.5. The molecule has 2 aliphatic rings. The molecular weight excluding hydrogens is 344 g/mol. The van der Waals surface area contributed by atoms with E-state index < -0.39 is 30.6 Å². The van der Waals surface area contributed by atoms with Crippen LogP contribution in [-0.2, 0) is 23.8 Å². The lowest BCUT2D eigenvalue weighted by Crippen LogP contribution is -2.46. The zero-order valence-corrected chi connectivity index (χ0v) is 14.3. The molecule has 0 saturated carbocycles. The van der Waals surface area contributed by atoms with Crippen LogP contribution in [0.3, 0.4) is 0 Å². The van der Waals surface area contributed by atoms with Crippen LogP contribution in [0.2, 0.25) is 0 Å². The van der Waals surface area contributed by atoms with Crippen LogP contribution < -0.4 is 0 Å². The number of aliphatic hydroxyl groups is 2. The maximum atomic E-state index is 12.5. The summed E-state index contributed by atoms with van der Waals surface area (Å²) in [6, 6.07) is 3.40. The summed E-state index contributed by atoms with van der Waals surface area (Å²) < 4.78 is 15.4. The van der Waals surface area contributed by atoms with E-state index in [9.17, 15) is 19.8 Å². The Balaban J connectivity index is 1.73. The Morgan fingerprint density at radius 3 is 2.85 bits per heavy atom. The molecule has 1 fully saturated rings. The van der Waals surface area contributed by atoms with Crippen molar-refractivity contribution < 1.29 is 34.0 Å². The summed E-state index contributed by atoms with van der Waals surface area (Å²) >= 11 is 0. The fourth-order valence-corrected chi connectivity index (χ4v) is 3.02. The third-order valence-corrected chi connectivity index (χ3v) is 4.48. The standard InChI is InChI=1S/C17H20N2O7/c1-19-10(9-4-3-5-18-8-9)6-12(15(19)22)25-17-14(21)11(20)7-13(26-17)16(23)24-2/h3-5,7-8,10-12,14,17,20-21H,6H2,1-2H3/t10-,11-,12+,14?,17+/m0/s1. The minimum Gasteiger partial charge on any atom is -0.463 e. The molecule has 2 N–H and O–H groups in total. The number of hydrogen-bond acceptors (Lipinski definition) is 8. The molecule has 0 bridgehead atoms. The van der Waals surface area contributed by atoms with Gasteiger partial charge >= 0.3 is 5.97 Å². The van der Waals surface area contributed by atoms with Crippen LogP contribution in [0.25, 0.3) is 0 Å². The van der Waals surface area contributed by atoms with Gasteiger partial charge in [-0.15, -0.1) is 0 Å². The molecule has 0 radical (unpaired) electrons. The van der Waals surface area contributed by atoms with Gasteiger partial charge in [0.2, 0.25) is 12.0 Å². The molecule has 9 nitrogen and oxygen atoms in total. The number of ether oxygens (including phenoxy) is 3. The number of likely N-dealkylation sites (N-methyl/N-ethyl adjacent to an activating group) is 1. The van der Waals surface area contributed by atoms with E-state index in [-0.39, 0.29) is 17.7 Å². The van der Waals surface area contributed by atoms with Crippen molar-refractivity contribution in [1.29, 1.82) is 0 Å². The van der Waals surface area contributed by atoms with E-state index in [2.05, 4.69) is 9.72 Å². The number of aliphatic hydroxyl groups excluding tert-OH is 2. The molecule has 3 heterocycles. The van der Waals surface area contributed by atoms with E-state index in [1.54, 1.807) is 25.5 Å². The third-order valence-electron chi connectivity index (χ3n) is 4.48. The minimum atomic E-state index is -1.45. The lowest BCUT2D eigenvalue weighted by atomic mass is 10.1. The lowest BCUT2D eigenvalue weighted by molar-refractivity contribution is -0.223. The van der Waals surface area contributed by atoms with Gasteiger partial charge in [0.1, 0.15) is 18.3 Å². The predicted molar refractivity (Wildman–Crippen MR) is 86.2 cm³/mol. The van der Waals surface area contributed by atoms with Gasteiger partial charge in [0.25, 0.3) is 5.91 Å². The van der Waals surface area contributed by atoms with Crippen molar-refractivity contribution >= 4 is 11.9 Å². The van der Waals surface area contributed by atoms with Crippen LogP contribution in [0.5, 0.6) is 0 Å². The number of nitrogens with zero attached hydrogens (tertiary/aromatic N) is 2. The minimum absolute atomic E-state index is 0.234. The fraction of sp³-hybridized carbons (Fsp3) is 0.471. The van der Waals surface area contributed by atoms with Gasteiger partial charge in [-0.25, -0.2) is 4.79 Å². The molecule has 140 valence electrons. The first-order valence-corrected chi connectivity index (χ1v) is 8.07. The van der Waals surface area contributed by atoms with Crippen LogP contribution in [0.4, 0.5) is 0 Å². The first-order chi connectivity index (χ1) is 12.4. The first kappa shape index (κ1) is 18.3. The molecule has 0 aromatic carbocycles. The lowest BCUT2D eigenvalue weighted by Gasteiger charge is -2.32. The average Bonchev–Trinajstić information content (AvgIpc) is 2.93. The number of carbonyl (C=O) groups excluding carboxylic acids is 2. The molecule has 1 amide bonds. The van der Waals surface area contributed by atoms with Crippen LogP contribution in [-0.4, -0.2) is 70.7 Å². The smallest absolute Gasteiger partial charge is 0.373 e. The number of amides is 1. The second-order valence-electron chi connectivity index (χ2n) is 6.10. The topological polar surface area (TPSA) is 118 Å². The van der Waals surface area contributed by atoms with Gasteiger partial charge < -0.3 is 29.3 Å². The number of carbonyl (C=O) groups is 2. The summed E-state index contributed by atoms with van der Waals surface area (Å²) in [5.41, 5.74) is 0.856. The summed E-state index contributed by atoms with van der Waals surface area (Å²) in [5, 5.41) is 20.0. The highest BCUT2D eigenvalue weighted by atomic mass is 16.7. The molecule has 5 atom stereocenters. The van der Waals surface area contributed by atoms with Gasteiger partial charge in [-0.05, 0) is 17.7 Å². The van der Waals surface area contributed by atoms with Crippen molar-refractivity contribution in [3.8, 4) is 0 Å². The van der Waals surface area contributed by atoms with Gasteiger partial charge in [0.15, 0.2) is 0 Å². The summed E-state index contributed by atoms with van der Waals surface area (Å²) in [6.45, 7) is 0. The molecule has 1 aromatic rings. The normalized spacial score (nSPS) is 31.4. The highest BCUT2D eigenvalue weighted by Gasteiger charge is 2.44. The van der Waals surface area contributed by atoms with Crippen LogP contribution in [0.15, 0.2) is 36.4 Å². The number of rotatable bonds is 4. The van der Waals surface area contributed by atoms with Gasteiger partial charge in [-0.2, -0.15) is 0 Å². The van der Waals surface area contributed by atoms with E-state index in [4.69, 9.17) is 9.47 Å². The van der Waals surface area contributed by atoms with Crippen molar-refractivity contribution in [3.05, 3.63) is 41.9 Å². The maximum Gasteiger partial charge on any atom is 0.373 e. The van der Waals surface area contributed by atoms with Gasteiger partial charge in [-0.1, -0.05) is 6.07 Å². The second-order valence-corrected chi connectivity index (χ2v) is 6.10. The van der Waals surface area contributed by atoms with Crippen LogP contribution in [0.1, 0.15) is 18.0 Å². The molecule has 26 heavy (non-hydrogen) atoms. The van der Waals surface area contributed by atoms with Crippen molar-refractivity contribution in [3.63, 3.8) is 0 Å². The van der Waals surface area contributed by atoms with Crippen molar-refractivity contribution in [2.45, 2.75) is 37.1 Å². The predicted octanol–water partition coefficient (Wildman–Crippen LogP) is -0.495. The number of hydrogen-bond donors (Lipinski definition) is 2. The van der Waals surface area contributed by atoms with Crippen LogP contribution >= 0.6 is 0 Å². The molecule has 2 aliphatic heterocycles. The number of likely N-dealkylation sites (tertiary alicyclic amines) is 1. The molecule has 0 spiro atoms. The molecule has 1 unspecified atom stereocenters. The zero-order chi connectivity index (χ0) is 18.8. The molecular formula is C17H20N2O7. The van der Waals surface area contributed by atoms with E-state index in [1.807, 2.05) is 6.07 Å². The Kier molecular flexibility index (Phi) is 5.21. The van der Waals surface area contributed by atoms with Crippen molar-refractivity contribution in [1.82, 2.24) is 9.88 Å². The van der Waals surface area contributed by atoms with E-state index in [0.717, 1.165) is 18.7 Å². The summed E-state index contributed by atoms with van der Waals surface area (Å²) in [5.74, 6) is -1.39. The molecule has 9 heteroatoms. The quantitative estimate of drug-likeness (QED) is 0.687. The van der Waals surface area contributed by atoms with Gasteiger partial charge in [0.05, 0.1) is 13.2 Å². The van der Waals surface area contributed by atoms with Crippen LogP contribution in [0, 0.1) is 0 Å². The molecule has 3 rings (SSSR count). The zero-order valence-electron chi connectivity index (χ0n) is 14.3. The summed E-state index contributed by atoms with van der Waals surface area (Å²) in [4.78, 5) is 29.7. The van der Waals surface area contributed by atoms with E-state index >= 15 is 0 Å². The Labute approximate surface area is 149 Å². The molecule has 1 aromatic heterocycles. The SMILES string of the molecule is COC(=O)C1=C[C@H](O)C(O)[C@H](O[C@@H]2C[C@@H](c3cccnc3)N(C)C2=O)O1. The number of pyridine rings is 1. The van der Waals surface area contributed by atoms with E-state index in [0.29, 0.717) is 6.42 Å². The number of esters is 1. The van der Waals surface area contributed by atoms with Gasteiger partial charge in [-0.3, -0.25) is 9.78 Å². The Morgan fingerprint density at radius 1 is 1.42 bits per heavy atom. The van der Waals surface area contributed by atoms with Gasteiger partial charge in [0, 0.05) is 25.9 Å². The molecule has 0 aliphatic carbocycles. The average molecular weight is 364 g/mol. The second kappa shape index (κ2) is 7.40. The first-order valence-electron chi connectivity index (χ1n) is 8.07. The highest BCUT2D eigenvalue weighted by Crippen LogP contribution is 2.34. The Morgan fingerprint density at radius 2 is 2.19 bits per heavy atom. The summed E-state index contributed by atoms with van der Waals surface area (Å²) in [7, 11) is 2.81.